The molecule has 0 fully saturated rings. The van der Waals surface area contributed by atoms with Crippen LogP contribution in [0.4, 0.5) is 10.5 Å². The fraction of sp³-hybridized carbons (Fsp3) is 0.556. The topological polar surface area (TPSA) is 88.3 Å². The number of hydrogen-bond acceptors (Lipinski definition) is 6. The average molecular weight is 360 g/mol. The van der Waals surface area contributed by atoms with Crippen molar-refractivity contribution in [2.45, 2.75) is 46.3 Å². The molecule has 0 N–H and O–H groups in total. The fourth-order valence-corrected chi connectivity index (χ4v) is 3.29. The molecule has 2 heterocycles. The van der Waals surface area contributed by atoms with Gasteiger partial charge in [-0.2, -0.15) is 5.01 Å². The minimum Gasteiger partial charge on any atom is -0.444 e. The van der Waals surface area contributed by atoms with Crippen LogP contribution < -0.4 is 5.01 Å². The molecule has 3 rings (SSSR count). The van der Waals surface area contributed by atoms with E-state index in [9.17, 15) is 14.9 Å². The Labute approximate surface area is 152 Å². The number of fused-ring (bicyclic) bond motifs is 1. The van der Waals surface area contributed by atoms with E-state index in [0.29, 0.717) is 26.1 Å². The van der Waals surface area contributed by atoms with Crippen molar-refractivity contribution in [1.82, 2.24) is 4.90 Å². The van der Waals surface area contributed by atoms with Gasteiger partial charge in [0.15, 0.2) is 0 Å². The van der Waals surface area contributed by atoms with Crippen molar-refractivity contribution in [2.24, 2.45) is 11.0 Å². The molecule has 0 radical (unpaired) electrons. The number of carbonyl (C=O) groups excluding carboxylic acids is 1. The monoisotopic (exact) mass is 360 g/mol. The Morgan fingerprint density at radius 2 is 2.12 bits per heavy atom. The van der Waals surface area contributed by atoms with Crippen molar-refractivity contribution < 1.29 is 14.5 Å². The zero-order valence-electron chi connectivity index (χ0n) is 15.6. The Kier molecular flexibility index (Phi) is 4.60. The molecule has 0 aliphatic carbocycles. The summed E-state index contributed by atoms with van der Waals surface area (Å²) in [7, 11) is 0. The van der Waals surface area contributed by atoms with E-state index in [1.165, 1.54) is 0 Å². The van der Waals surface area contributed by atoms with Crippen LogP contribution in [0.5, 0.6) is 0 Å². The van der Waals surface area contributed by atoms with Crippen molar-refractivity contribution in [3.05, 3.63) is 39.4 Å². The van der Waals surface area contributed by atoms with Gasteiger partial charge in [-0.25, -0.2) is 4.79 Å². The van der Waals surface area contributed by atoms with Gasteiger partial charge in [-0.1, -0.05) is 12.1 Å². The van der Waals surface area contributed by atoms with E-state index in [1.807, 2.05) is 39.0 Å². The molecule has 2 aliphatic heterocycles. The van der Waals surface area contributed by atoms with Crippen molar-refractivity contribution >= 4 is 17.6 Å². The largest absolute Gasteiger partial charge is 0.444 e. The first-order chi connectivity index (χ1) is 12.2. The SMILES string of the molecule is CC1CN(c2cccc3c2CCN(C(=O)OC(C)(C)C)C3)N=C1[N+](=O)[O-]. The van der Waals surface area contributed by atoms with Crippen LogP contribution in [0.1, 0.15) is 38.8 Å². The fourth-order valence-electron chi connectivity index (χ4n) is 3.29. The van der Waals surface area contributed by atoms with E-state index in [4.69, 9.17) is 4.74 Å². The summed E-state index contributed by atoms with van der Waals surface area (Å²) < 4.78 is 5.46. The number of hydrogen-bond donors (Lipinski definition) is 0. The summed E-state index contributed by atoms with van der Waals surface area (Å²) in [6.07, 6.45) is 0.343. The first-order valence-electron chi connectivity index (χ1n) is 8.75. The first-order valence-corrected chi connectivity index (χ1v) is 8.75. The second-order valence-electron chi connectivity index (χ2n) is 7.77. The lowest BCUT2D eigenvalue weighted by molar-refractivity contribution is -0.355. The Morgan fingerprint density at radius 3 is 2.73 bits per heavy atom. The first kappa shape index (κ1) is 18.2. The van der Waals surface area contributed by atoms with Gasteiger partial charge in [0.2, 0.25) is 0 Å². The molecule has 1 aromatic carbocycles. The number of carbonyl (C=O) groups is 1. The summed E-state index contributed by atoms with van der Waals surface area (Å²) in [5.41, 5.74) is 2.47. The van der Waals surface area contributed by atoms with Gasteiger partial charge in [0.1, 0.15) is 5.60 Å². The second-order valence-corrected chi connectivity index (χ2v) is 7.77. The number of amidine groups is 1. The highest BCUT2D eigenvalue weighted by atomic mass is 16.6. The van der Waals surface area contributed by atoms with E-state index in [0.717, 1.165) is 16.8 Å². The Balaban J connectivity index is 1.82. The summed E-state index contributed by atoms with van der Waals surface area (Å²) in [4.78, 5) is 24.7. The smallest absolute Gasteiger partial charge is 0.410 e. The zero-order chi connectivity index (χ0) is 19.1. The number of rotatable bonds is 1. The van der Waals surface area contributed by atoms with Gasteiger partial charge in [-0.05, 0) is 56.2 Å². The van der Waals surface area contributed by atoms with Gasteiger partial charge in [0.25, 0.3) is 0 Å². The second kappa shape index (κ2) is 6.59. The number of amides is 1. The third-order valence-corrected chi connectivity index (χ3v) is 4.47. The standard InChI is InChI=1S/C18H24N4O4/c1-12-10-21(19-16(12)22(24)25)15-7-5-6-13-11-20(9-8-14(13)15)17(23)26-18(2,3)4/h5-7,12H,8-11H2,1-4H3. The molecule has 1 amide bonds. The highest BCUT2D eigenvalue weighted by Crippen LogP contribution is 2.32. The van der Waals surface area contributed by atoms with E-state index >= 15 is 0 Å². The molecule has 8 heteroatoms. The van der Waals surface area contributed by atoms with Gasteiger partial charge in [0, 0.05) is 13.1 Å². The number of ether oxygens (including phenoxy) is 1. The van der Waals surface area contributed by atoms with Gasteiger partial charge in [-0.15, -0.1) is 0 Å². The Morgan fingerprint density at radius 1 is 1.38 bits per heavy atom. The molecular weight excluding hydrogens is 336 g/mol. The van der Waals surface area contributed by atoms with Crippen molar-refractivity contribution in [3.63, 3.8) is 0 Å². The molecule has 2 aliphatic rings. The van der Waals surface area contributed by atoms with Crippen LogP contribution in [0.15, 0.2) is 23.3 Å². The molecule has 0 saturated carbocycles. The molecule has 0 saturated heterocycles. The maximum absolute atomic E-state index is 12.3. The van der Waals surface area contributed by atoms with Gasteiger partial charge in [-0.3, -0.25) is 0 Å². The summed E-state index contributed by atoms with van der Waals surface area (Å²) in [5.74, 6) is -0.225. The summed E-state index contributed by atoms with van der Waals surface area (Å²) in [5, 5.41) is 17.0. The number of benzene rings is 1. The maximum Gasteiger partial charge on any atom is 0.410 e. The Bertz CT molecular complexity index is 769. The van der Waals surface area contributed by atoms with Crippen LogP contribution in [0.2, 0.25) is 0 Å². The van der Waals surface area contributed by atoms with Gasteiger partial charge < -0.3 is 19.8 Å². The number of anilines is 1. The van der Waals surface area contributed by atoms with Crippen LogP contribution in [-0.4, -0.2) is 40.4 Å². The average Bonchev–Trinajstić information content (AvgIpc) is 2.94. The van der Waals surface area contributed by atoms with E-state index < -0.39 is 10.5 Å². The third kappa shape index (κ3) is 3.63. The number of hydrazone groups is 1. The normalized spacial score (nSPS) is 19.8. The minimum atomic E-state index is -0.529. The molecule has 8 nitrogen and oxygen atoms in total. The molecule has 0 spiro atoms. The molecule has 1 atom stereocenters. The predicted molar refractivity (Wildman–Crippen MR) is 97.7 cm³/mol. The van der Waals surface area contributed by atoms with Gasteiger partial charge >= 0.3 is 11.9 Å². The minimum absolute atomic E-state index is 0.00575. The van der Waals surface area contributed by atoms with Crippen LogP contribution in [0.3, 0.4) is 0 Å². The number of nitrogens with zero attached hydrogens (tertiary/aromatic N) is 4. The molecule has 140 valence electrons. The van der Waals surface area contributed by atoms with E-state index in [2.05, 4.69) is 5.10 Å². The highest BCUT2D eigenvalue weighted by molar-refractivity contribution is 5.81. The number of nitro groups is 1. The predicted octanol–water partition coefficient (Wildman–Crippen LogP) is 3.03. The van der Waals surface area contributed by atoms with Gasteiger partial charge in [0.05, 0.1) is 23.3 Å². The molecule has 1 aromatic rings. The Hall–Kier alpha value is -2.64. The summed E-state index contributed by atoms with van der Waals surface area (Å²) in [6.45, 7) is 8.85. The van der Waals surface area contributed by atoms with Crippen molar-refractivity contribution in [3.8, 4) is 0 Å². The van der Waals surface area contributed by atoms with E-state index in [1.54, 1.807) is 16.8 Å². The summed E-state index contributed by atoms with van der Waals surface area (Å²) >= 11 is 0. The van der Waals surface area contributed by atoms with Crippen molar-refractivity contribution in [2.75, 3.05) is 18.1 Å². The lowest BCUT2D eigenvalue weighted by atomic mass is 9.97. The van der Waals surface area contributed by atoms with Crippen LogP contribution in [0.25, 0.3) is 0 Å². The molecule has 0 aromatic heterocycles. The lowest BCUT2D eigenvalue weighted by Gasteiger charge is -2.32. The summed E-state index contributed by atoms with van der Waals surface area (Å²) in [6, 6.07) is 5.81. The lowest BCUT2D eigenvalue weighted by Crippen LogP contribution is -2.40. The highest BCUT2D eigenvalue weighted by Gasteiger charge is 2.36. The zero-order valence-corrected chi connectivity index (χ0v) is 15.6. The molecular formula is C18H24N4O4. The van der Waals surface area contributed by atoms with E-state index in [-0.39, 0.29) is 17.8 Å². The quantitative estimate of drug-likeness (QED) is 0.567. The third-order valence-electron chi connectivity index (χ3n) is 4.47. The van der Waals surface area contributed by atoms with Crippen LogP contribution in [-0.2, 0) is 17.7 Å². The van der Waals surface area contributed by atoms with Crippen molar-refractivity contribution in [1.29, 1.82) is 0 Å². The molecule has 0 bridgehead atoms. The maximum atomic E-state index is 12.3. The molecule has 1 unspecified atom stereocenters. The van der Waals surface area contributed by atoms with Crippen LogP contribution in [0, 0.1) is 16.0 Å². The van der Waals surface area contributed by atoms with Crippen LogP contribution >= 0.6 is 0 Å². The molecule has 26 heavy (non-hydrogen) atoms.